The first kappa shape index (κ1) is 20.4. The van der Waals surface area contributed by atoms with Crippen molar-refractivity contribution in [1.29, 1.82) is 0 Å². The van der Waals surface area contributed by atoms with E-state index in [2.05, 4.69) is 46.5 Å². The molecule has 21 heavy (non-hydrogen) atoms. The van der Waals surface area contributed by atoms with Crippen molar-refractivity contribution in [2.75, 3.05) is 39.6 Å². The van der Waals surface area contributed by atoms with Crippen LogP contribution >= 0.6 is 0 Å². The van der Waals surface area contributed by atoms with Gasteiger partial charge in [-0.3, -0.25) is 0 Å². The average Bonchev–Trinajstić information content (AvgIpc) is 2.38. The van der Waals surface area contributed by atoms with E-state index in [0.29, 0.717) is 31.7 Å². The molecule has 0 amide bonds. The molecule has 126 valence electrons. The lowest BCUT2D eigenvalue weighted by Crippen LogP contribution is -2.54. The van der Waals surface area contributed by atoms with Crippen molar-refractivity contribution in [3.8, 4) is 0 Å². The quantitative estimate of drug-likeness (QED) is 0.500. The Morgan fingerprint density at radius 1 is 0.952 bits per heavy atom. The molecule has 0 bridgehead atoms. The summed E-state index contributed by atoms with van der Waals surface area (Å²) >= 11 is 0. The lowest BCUT2D eigenvalue weighted by atomic mass is 10.0. The molecular formula is C17H35NO3. The highest BCUT2D eigenvalue weighted by molar-refractivity contribution is 4.92. The molecular weight excluding hydrogens is 266 g/mol. The van der Waals surface area contributed by atoms with Gasteiger partial charge < -0.3 is 19.5 Å². The Hall–Kier alpha value is -0.580. The molecule has 0 aromatic heterocycles. The Morgan fingerprint density at radius 2 is 1.43 bits per heavy atom. The summed E-state index contributed by atoms with van der Waals surface area (Å²) in [7, 11) is 0. The van der Waals surface area contributed by atoms with Crippen LogP contribution in [0.2, 0.25) is 0 Å². The molecule has 4 nitrogen and oxygen atoms in total. The molecule has 0 radical (unpaired) electrons. The second kappa shape index (κ2) is 12.0. The Morgan fingerprint density at radius 3 is 1.81 bits per heavy atom. The highest BCUT2D eigenvalue weighted by atomic mass is 16.5. The second-order valence-corrected chi connectivity index (χ2v) is 6.50. The molecule has 0 aliphatic rings. The molecule has 0 fully saturated rings. The van der Waals surface area contributed by atoms with E-state index in [4.69, 9.17) is 14.2 Å². The van der Waals surface area contributed by atoms with Crippen LogP contribution in [0.25, 0.3) is 0 Å². The molecule has 1 N–H and O–H groups in total. The fraction of sp³-hybridized carbons (Fsp3) is 0.882. The van der Waals surface area contributed by atoms with E-state index in [-0.39, 0.29) is 5.54 Å². The molecule has 0 aromatic rings. The summed E-state index contributed by atoms with van der Waals surface area (Å²) in [6.07, 6.45) is 2.71. The molecule has 0 aliphatic heterocycles. The molecule has 0 heterocycles. The van der Waals surface area contributed by atoms with Gasteiger partial charge in [0.1, 0.15) is 5.54 Å². The zero-order valence-corrected chi connectivity index (χ0v) is 14.6. The number of nitrogens with one attached hydrogen (secondary N) is 1. The van der Waals surface area contributed by atoms with E-state index in [1.54, 1.807) is 6.20 Å². The topological polar surface area (TPSA) is 39.7 Å². The maximum absolute atomic E-state index is 5.83. The largest absolute Gasteiger partial charge is 0.380 e. The molecule has 0 unspecified atom stereocenters. The van der Waals surface area contributed by atoms with E-state index in [0.717, 1.165) is 26.2 Å². The molecule has 0 spiro atoms. The SMILES string of the molecule is C=CNC(COCCC)(COCC(C)C)COCC(C)C. The van der Waals surface area contributed by atoms with Gasteiger partial charge in [0.05, 0.1) is 19.8 Å². The van der Waals surface area contributed by atoms with Gasteiger partial charge in [0, 0.05) is 19.8 Å². The number of hydrogen-bond donors (Lipinski definition) is 1. The van der Waals surface area contributed by atoms with Crippen LogP contribution in [-0.2, 0) is 14.2 Å². The normalized spacial score (nSPS) is 12.1. The first-order valence-electron chi connectivity index (χ1n) is 8.07. The van der Waals surface area contributed by atoms with Crippen molar-refractivity contribution < 1.29 is 14.2 Å². The minimum atomic E-state index is -0.360. The predicted molar refractivity (Wildman–Crippen MR) is 88.5 cm³/mol. The Balaban J connectivity index is 4.56. The summed E-state index contributed by atoms with van der Waals surface area (Å²) in [6.45, 7) is 18.3. The van der Waals surface area contributed by atoms with Crippen molar-refractivity contribution in [1.82, 2.24) is 5.32 Å². The van der Waals surface area contributed by atoms with Gasteiger partial charge in [-0.2, -0.15) is 0 Å². The van der Waals surface area contributed by atoms with Crippen LogP contribution in [0.3, 0.4) is 0 Å². The van der Waals surface area contributed by atoms with Gasteiger partial charge in [-0.15, -0.1) is 0 Å². The molecule has 0 saturated carbocycles. The second-order valence-electron chi connectivity index (χ2n) is 6.50. The standard InChI is InChI=1S/C17H35NO3/c1-7-9-19-12-17(18-8-2,13-20-10-15(3)4)14-21-11-16(5)6/h8,15-16,18H,2,7,9-14H2,1,3-6H3. The summed E-state index contributed by atoms with van der Waals surface area (Å²) in [4.78, 5) is 0. The fourth-order valence-electron chi connectivity index (χ4n) is 1.86. The monoisotopic (exact) mass is 301 g/mol. The van der Waals surface area contributed by atoms with Gasteiger partial charge in [0.15, 0.2) is 0 Å². The molecule has 4 heteroatoms. The highest BCUT2D eigenvalue weighted by Gasteiger charge is 2.30. The van der Waals surface area contributed by atoms with Crippen molar-refractivity contribution >= 4 is 0 Å². The molecule has 0 rings (SSSR count). The summed E-state index contributed by atoms with van der Waals surface area (Å²) < 4.78 is 17.4. The molecule has 0 aromatic carbocycles. The van der Waals surface area contributed by atoms with Crippen LogP contribution < -0.4 is 5.32 Å². The van der Waals surface area contributed by atoms with Gasteiger partial charge in [-0.25, -0.2) is 0 Å². The van der Waals surface area contributed by atoms with Crippen molar-refractivity contribution in [3.63, 3.8) is 0 Å². The van der Waals surface area contributed by atoms with Gasteiger partial charge in [0.25, 0.3) is 0 Å². The van der Waals surface area contributed by atoms with Crippen LogP contribution in [0.4, 0.5) is 0 Å². The first-order chi connectivity index (χ1) is 9.95. The Bertz CT molecular complexity index is 240. The summed E-state index contributed by atoms with van der Waals surface area (Å²) in [5, 5.41) is 3.29. The summed E-state index contributed by atoms with van der Waals surface area (Å²) in [5.41, 5.74) is -0.360. The van der Waals surface area contributed by atoms with Crippen LogP contribution in [0.5, 0.6) is 0 Å². The van der Waals surface area contributed by atoms with Gasteiger partial charge in [0.2, 0.25) is 0 Å². The highest BCUT2D eigenvalue weighted by Crippen LogP contribution is 2.11. The minimum Gasteiger partial charge on any atom is -0.380 e. The third-order valence-corrected chi connectivity index (χ3v) is 2.79. The lowest BCUT2D eigenvalue weighted by Gasteiger charge is -2.34. The van der Waals surface area contributed by atoms with Crippen molar-refractivity contribution in [3.05, 3.63) is 12.8 Å². The van der Waals surface area contributed by atoms with E-state index in [1.165, 1.54) is 0 Å². The van der Waals surface area contributed by atoms with Gasteiger partial charge in [-0.05, 0) is 24.5 Å². The Labute approximate surface area is 131 Å². The van der Waals surface area contributed by atoms with Crippen LogP contribution in [0.15, 0.2) is 12.8 Å². The minimum absolute atomic E-state index is 0.360. The maximum atomic E-state index is 5.83. The maximum Gasteiger partial charge on any atom is 0.107 e. The van der Waals surface area contributed by atoms with E-state index in [9.17, 15) is 0 Å². The zero-order chi connectivity index (χ0) is 16.1. The summed E-state index contributed by atoms with van der Waals surface area (Å²) in [5.74, 6) is 1.03. The number of rotatable bonds is 14. The van der Waals surface area contributed by atoms with Crippen LogP contribution in [0, 0.1) is 11.8 Å². The molecule has 0 atom stereocenters. The summed E-state index contributed by atoms with van der Waals surface area (Å²) in [6, 6.07) is 0. The third kappa shape index (κ3) is 10.7. The average molecular weight is 301 g/mol. The number of ether oxygens (including phenoxy) is 3. The van der Waals surface area contributed by atoms with Crippen molar-refractivity contribution in [2.24, 2.45) is 11.8 Å². The van der Waals surface area contributed by atoms with Gasteiger partial charge >= 0.3 is 0 Å². The van der Waals surface area contributed by atoms with E-state index in [1.807, 2.05) is 0 Å². The third-order valence-electron chi connectivity index (χ3n) is 2.79. The van der Waals surface area contributed by atoms with E-state index >= 15 is 0 Å². The zero-order valence-electron chi connectivity index (χ0n) is 14.6. The smallest absolute Gasteiger partial charge is 0.107 e. The fourth-order valence-corrected chi connectivity index (χ4v) is 1.86. The lowest BCUT2D eigenvalue weighted by molar-refractivity contribution is -0.0422. The van der Waals surface area contributed by atoms with Crippen LogP contribution in [-0.4, -0.2) is 45.2 Å². The predicted octanol–water partition coefficient (Wildman–Crippen LogP) is 3.23. The molecule has 0 aliphatic carbocycles. The van der Waals surface area contributed by atoms with E-state index < -0.39 is 0 Å². The number of hydrogen-bond acceptors (Lipinski definition) is 4. The first-order valence-corrected chi connectivity index (χ1v) is 8.07. The van der Waals surface area contributed by atoms with Gasteiger partial charge in [-0.1, -0.05) is 41.2 Å². The van der Waals surface area contributed by atoms with Crippen LogP contribution in [0.1, 0.15) is 41.0 Å². The molecule has 0 saturated heterocycles. The van der Waals surface area contributed by atoms with Crippen molar-refractivity contribution in [2.45, 2.75) is 46.6 Å². The Kier molecular flexibility index (Phi) is 11.7.